The molecular weight excluding hydrogens is 434 g/mol. The van der Waals surface area contributed by atoms with Crippen molar-refractivity contribution >= 4 is 11.6 Å². The van der Waals surface area contributed by atoms with Gasteiger partial charge in [-0.05, 0) is 25.1 Å². The fraction of sp³-hybridized carbons (Fsp3) is 0.227. The largest absolute Gasteiger partial charge is 0.318 e. The summed E-state index contributed by atoms with van der Waals surface area (Å²) in [5.74, 6) is 0.199. The van der Waals surface area contributed by atoms with Gasteiger partial charge in [0.1, 0.15) is 0 Å². The summed E-state index contributed by atoms with van der Waals surface area (Å²) in [5.41, 5.74) is 3.93. The number of anilines is 1. The Kier molecular flexibility index (Phi) is 5.68. The zero-order valence-corrected chi connectivity index (χ0v) is 18.8. The number of carbonyl (C=O) groups excluding carboxylic acids is 1. The topological polar surface area (TPSA) is 126 Å². The van der Waals surface area contributed by atoms with Crippen LogP contribution >= 0.6 is 0 Å². The van der Waals surface area contributed by atoms with Crippen molar-refractivity contribution in [3.05, 3.63) is 78.1 Å². The maximum absolute atomic E-state index is 12.6. The molecule has 5 rings (SSSR count). The van der Waals surface area contributed by atoms with Crippen molar-refractivity contribution in [1.82, 2.24) is 49.5 Å². The van der Waals surface area contributed by atoms with Crippen molar-refractivity contribution in [3.63, 3.8) is 0 Å². The third-order valence-electron chi connectivity index (χ3n) is 5.36. The summed E-state index contributed by atoms with van der Waals surface area (Å²) in [4.78, 5) is 14.1. The molecule has 4 aromatic heterocycles. The first-order chi connectivity index (χ1) is 16.6. The highest BCUT2D eigenvalue weighted by atomic mass is 16.2. The molecule has 34 heavy (non-hydrogen) atoms. The van der Waals surface area contributed by atoms with E-state index >= 15 is 0 Å². The Bertz CT molecular complexity index is 1410. The molecule has 0 atom stereocenters. The lowest BCUT2D eigenvalue weighted by molar-refractivity contribution is 0.102. The molecule has 0 spiro atoms. The van der Waals surface area contributed by atoms with Crippen molar-refractivity contribution < 1.29 is 4.79 Å². The van der Waals surface area contributed by atoms with Gasteiger partial charge >= 0.3 is 0 Å². The SMILES string of the molecule is CCn1ncc(Cn2cc(NC(=O)c3ccn(Cn4nnc(-c5ccccc5)n4)n3)cn2)c1C. The Labute approximate surface area is 194 Å². The summed E-state index contributed by atoms with van der Waals surface area (Å²) in [7, 11) is 0. The van der Waals surface area contributed by atoms with E-state index in [1.165, 1.54) is 4.80 Å². The van der Waals surface area contributed by atoms with Gasteiger partial charge in [0.15, 0.2) is 12.4 Å². The lowest BCUT2D eigenvalue weighted by Crippen LogP contribution is -2.15. The second kappa shape index (κ2) is 9.10. The number of amides is 1. The van der Waals surface area contributed by atoms with E-state index in [-0.39, 0.29) is 18.3 Å². The maximum atomic E-state index is 12.6. The first kappa shape index (κ1) is 21.2. The van der Waals surface area contributed by atoms with Crippen LogP contribution < -0.4 is 5.32 Å². The Morgan fingerprint density at radius 3 is 2.68 bits per heavy atom. The minimum absolute atomic E-state index is 0.232. The van der Waals surface area contributed by atoms with E-state index in [0.717, 1.165) is 23.4 Å². The van der Waals surface area contributed by atoms with E-state index in [1.54, 1.807) is 34.0 Å². The van der Waals surface area contributed by atoms with E-state index in [1.807, 2.05) is 48.1 Å². The number of tetrazole rings is 1. The molecule has 0 aliphatic rings. The van der Waals surface area contributed by atoms with E-state index < -0.39 is 0 Å². The molecule has 172 valence electrons. The summed E-state index contributed by atoms with van der Waals surface area (Å²) >= 11 is 0. The van der Waals surface area contributed by atoms with Crippen LogP contribution in [0, 0.1) is 6.92 Å². The van der Waals surface area contributed by atoms with Crippen molar-refractivity contribution in [1.29, 1.82) is 0 Å². The van der Waals surface area contributed by atoms with Crippen LogP contribution in [0.15, 0.2) is 61.2 Å². The summed E-state index contributed by atoms with van der Waals surface area (Å²) < 4.78 is 5.27. The summed E-state index contributed by atoms with van der Waals surface area (Å²) in [6.45, 7) is 5.71. The Balaban J connectivity index is 1.20. The first-order valence-corrected chi connectivity index (χ1v) is 10.8. The third kappa shape index (κ3) is 4.46. The average Bonchev–Trinajstić information content (AvgIpc) is 3.65. The van der Waals surface area contributed by atoms with E-state index in [0.29, 0.717) is 18.1 Å². The molecular formula is C22H23N11O. The number of carbonyl (C=O) groups is 1. The number of nitrogens with one attached hydrogen (secondary N) is 1. The van der Waals surface area contributed by atoms with Gasteiger partial charge in [-0.2, -0.15) is 15.3 Å². The molecule has 0 aliphatic carbocycles. The molecule has 0 fully saturated rings. The molecule has 0 saturated carbocycles. The molecule has 1 amide bonds. The highest BCUT2D eigenvalue weighted by Gasteiger charge is 2.13. The van der Waals surface area contributed by atoms with E-state index in [4.69, 9.17) is 0 Å². The van der Waals surface area contributed by atoms with Gasteiger partial charge in [0.05, 0.1) is 24.6 Å². The highest BCUT2D eigenvalue weighted by Crippen LogP contribution is 2.13. The van der Waals surface area contributed by atoms with Crippen LogP contribution in [0.4, 0.5) is 5.69 Å². The molecule has 0 bridgehead atoms. The number of aryl methyl sites for hydroxylation is 1. The van der Waals surface area contributed by atoms with E-state index in [9.17, 15) is 4.79 Å². The predicted octanol–water partition coefficient (Wildman–Crippen LogP) is 2.06. The van der Waals surface area contributed by atoms with Crippen molar-refractivity contribution in [2.24, 2.45) is 0 Å². The van der Waals surface area contributed by atoms with Crippen LogP contribution in [0.25, 0.3) is 11.4 Å². The van der Waals surface area contributed by atoms with Gasteiger partial charge in [0.25, 0.3) is 5.91 Å². The fourth-order valence-electron chi connectivity index (χ4n) is 3.54. The number of hydrogen-bond donors (Lipinski definition) is 1. The van der Waals surface area contributed by atoms with Crippen LogP contribution in [0.5, 0.6) is 0 Å². The predicted molar refractivity (Wildman–Crippen MR) is 123 cm³/mol. The first-order valence-electron chi connectivity index (χ1n) is 10.8. The maximum Gasteiger partial charge on any atom is 0.276 e. The fourth-order valence-corrected chi connectivity index (χ4v) is 3.54. The average molecular weight is 458 g/mol. The number of aromatic nitrogens is 10. The molecule has 12 nitrogen and oxygen atoms in total. The van der Waals surface area contributed by atoms with Crippen LogP contribution in [-0.4, -0.2) is 55.5 Å². The van der Waals surface area contributed by atoms with Crippen molar-refractivity contribution in [2.75, 3.05) is 5.32 Å². The van der Waals surface area contributed by atoms with Crippen LogP contribution in [0.3, 0.4) is 0 Å². The Hall–Kier alpha value is -4.61. The number of benzene rings is 1. The second-order valence-corrected chi connectivity index (χ2v) is 7.68. The number of nitrogens with zero attached hydrogens (tertiary/aromatic N) is 10. The zero-order chi connectivity index (χ0) is 23.5. The summed E-state index contributed by atoms with van der Waals surface area (Å²) in [5, 5.41) is 28.3. The smallest absolute Gasteiger partial charge is 0.276 e. The number of rotatable bonds is 8. The van der Waals surface area contributed by atoms with Crippen molar-refractivity contribution in [2.45, 2.75) is 33.6 Å². The lowest BCUT2D eigenvalue weighted by Gasteiger charge is -2.03. The molecule has 1 N–H and O–H groups in total. The summed E-state index contributed by atoms with van der Waals surface area (Å²) in [6, 6.07) is 11.2. The van der Waals surface area contributed by atoms with Crippen molar-refractivity contribution in [3.8, 4) is 11.4 Å². The van der Waals surface area contributed by atoms with Gasteiger partial charge < -0.3 is 5.32 Å². The molecule has 1 aromatic carbocycles. The van der Waals surface area contributed by atoms with Gasteiger partial charge in [-0.15, -0.1) is 15.0 Å². The molecule has 0 saturated heterocycles. The Morgan fingerprint density at radius 2 is 1.88 bits per heavy atom. The minimum Gasteiger partial charge on any atom is -0.318 e. The monoisotopic (exact) mass is 457 g/mol. The van der Waals surface area contributed by atoms with Gasteiger partial charge in [0.2, 0.25) is 5.82 Å². The highest BCUT2D eigenvalue weighted by molar-refractivity contribution is 6.02. The standard InChI is InChI=1S/C22H23N11O/c1-3-32-16(2)18(11-24-32)13-31-14-19(12-23-31)25-22(34)20-9-10-30(27-20)15-33-28-21(26-29-33)17-7-5-4-6-8-17/h4-12,14H,3,13,15H2,1-2H3,(H,25,34). The van der Waals surface area contributed by atoms with Crippen LogP contribution in [-0.2, 0) is 19.8 Å². The second-order valence-electron chi connectivity index (χ2n) is 7.68. The summed E-state index contributed by atoms with van der Waals surface area (Å²) in [6.07, 6.45) is 6.93. The van der Waals surface area contributed by atoms with Gasteiger partial charge in [-0.3, -0.25) is 14.2 Å². The lowest BCUT2D eigenvalue weighted by atomic mass is 10.2. The molecule has 0 unspecified atom stereocenters. The van der Waals surface area contributed by atoms with Crippen LogP contribution in [0.2, 0.25) is 0 Å². The number of hydrogen-bond acceptors (Lipinski definition) is 7. The van der Waals surface area contributed by atoms with Crippen LogP contribution in [0.1, 0.15) is 28.7 Å². The Morgan fingerprint density at radius 1 is 1.03 bits per heavy atom. The quantitative estimate of drug-likeness (QED) is 0.378. The third-order valence-corrected chi connectivity index (χ3v) is 5.36. The molecule has 12 heteroatoms. The minimum atomic E-state index is -0.329. The molecule has 0 aliphatic heterocycles. The van der Waals surface area contributed by atoms with Gasteiger partial charge in [-0.1, -0.05) is 30.3 Å². The molecule has 0 radical (unpaired) electrons. The normalized spacial score (nSPS) is 11.1. The molecule has 4 heterocycles. The van der Waals surface area contributed by atoms with Gasteiger partial charge in [0, 0.05) is 35.8 Å². The molecule has 5 aromatic rings. The van der Waals surface area contributed by atoms with Gasteiger partial charge in [-0.25, -0.2) is 4.68 Å². The zero-order valence-electron chi connectivity index (χ0n) is 18.8. The van der Waals surface area contributed by atoms with E-state index in [2.05, 4.69) is 42.9 Å².